The molecule has 5 rings (SSSR count). The van der Waals surface area contributed by atoms with Crippen molar-refractivity contribution in [3.63, 3.8) is 0 Å². The molecule has 2 aliphatic heterocycles. The van der Waals surface area contributed by atoms with Crippen LogP contribution in [0.15, 0.2) is 36.7 Å². The normalized spacial score (nSPS) is 22.7. The zero-order valence-electron chi connectivity index (χ0n) is 20.5. The summed E-state index contributed by atoms with van der Waals surface area (Å²) in [4.78, 5) is 25.2. The highest BCUT2D eigenvalue weighted by molar-refractivity contribution is 5.79. The molecule has 1 aromatic carbocycles. The zero-order valence-corrected chi connectivity index (χ0v) is 20.5. The summed E-state index contributed by atoms with van der Waals surface area (Å²) < 4.78 is 11.1. The maximum atomic E-state index is 12.1. The molecular weight excluding hydrogens is 444 g/mol. The predicted molar refractivity (Wildman–Crippen MR) is 132 cm³/mol. The lowest BCUT2D eigenvalue weighted by Crippen LogP contribution is -2.53. The maximum absolute atomic E-state index is 12.1. The summed E-state index contributed by atoms with van der Waals surface area (Å²) in [6, 6.07) is 7.84. The molecule has 2 atom stereocenters. The Bertz CT molecular complexity index is 970. The first-order valence-electron chi connectivity index (χ1n) is 12.8. The van der Waals surface area contributed by atoms with Crippen LogP contribution >= 0.6 is 0 Å². The van der Waals surface area contributed by atoms with Crippen molar-refractivity contribution in [1.82, 2.24) is 14.9 Å². The number of amides is 1. The highest BCUT2D eigenvalue weighted by Gasteiger charge is 2.43. The fourth-order valence-electron chi connectivity index (χ4n) is 5.44. The van der Waals surface area contributed by atoms with Gasteiger partial charge in [0.25, 0.3) is 0 Å². The van der Waals surface area contributed by atoms with Gasteiger partial charge in [0.15, 0.2) is 0 Å². The molecule has 0 bridgehead atoms. The second-order valence-corrected chi connectivity index (χ2v) is 10.2. The van der Waals surface area contributed by atoms with E-state index in [9.17, 15) is 9.90 Å². The van der Waals surface area contributed by atoms with Gasteiger partial charge in [-0.1, -0.05) is 12.1 Å². The van der Waals surface area contributed by atoms with Crippen molar-refractivity contribution in [1.29, 1.82) is 0 Å². The van der Waals surface area contributed by atoms with Crippen LogP contribution in [-0.2, 0) is 22.6 Å². The average molecular weight is 481 g/mol. The Morgan fingerprint density at radius 1 is 1.09 bits per heavy atom. The molecule has 8 heteroatoms. The van der Waals surface area contributed by atoms with E-state index in [4.69, 9.17) is 9.47 Å². The lowest BCUT2D eigenvalue weighted by Gasteiger charge is -2.35. The number of aromatic nitrogens is 2. The Kier molecular flexibility index (Phi) is 7.48. The second-order valence-electron chi connectivity index (χ2n) is 10.2. The Labute approximate surface area is 207 Å². The number of carbonyl (C=O) groups excluding carboxylic acids is 1. The van der Waals surface area contributed by atoms with Gasteiger partial charge in [-0.05, 0) is 61.1 Å². The Morgan fingerprint density at radius 3 is 2.46 bits per heavy atom. The van der Waals surface area contributed by atoms with Gasteiger partial charge in [0.2, 0.25) is 11.9 Å². The van der Waals surface area contributed by atoms with Crippen LogP contribution < -0.4 is 9.64 Å². The number of anilines is 1. The van der Waals surface area contributed by atoms with Crippen LogP contribution in [0.25, 0.3) is 0 Å². The van der Waals surface area contributed by atoms with Gasteiger partial charge in [0.1, 0.15) is 5.75 Å². The molecule has 3 fully saturated rings. The molecule has 2 unspecified atom stereocenters. The topological polar surface area (TPSA) is 88.0 Å². The lowest BCUT2D eigenvalue weighted by atomic mass is 9.90. The predicted octanol–water partition coefficient (Wildman–Crippen LogP) is 2.69. The molecule has 1 aliphatic carbocycles. The third-order valence-corrected chi connectivity index (χ3v) is 7.66. The van der Waals surface area contributed by atoms with Gasteiger partial charge in [-0.15, -0.1) is 0 Å². The number of methoxy groups -OCH3 is 1. The molecule has 3 aliphatic rings. The molecule has 0 spiro atoms. The van der Waals surface area contributed by atoms with E-state index in [0.29, 0.717) is 26.1 Å². The first kappa shape index (κ1) is 24.0. The maximum Gasteiger partial charge on any atom is 0.227 e. The van der Waals surface area contributed by atoms with Gasteiger partial charge in [-0.3, -0.25) is 4.79 Å². The van der Waals surface area contributed by atoms with Crippen LogP contribution in [0.2, 0.25) is 0 Å². The van der Waals surface area contributed by atoms with Crippen LogP contribution in [0.4, 0.5) is 5.95 Å². The van der Waals surface area contributed by atoms with Crippen molar-refractivity contribution in [2.45, 2.75) is 44.8 Å². The summed E-state index contributed by atoms with van der Waals surface area (Å²) in [6.45, 7) is 4.26. The number of piperidine rings is 1. The van der Waals surface area contributed by atoms with E-state index < -0.39 is 0 Å². The van der Waals surface area contributed by atoms with E-state index in [0.717, 1.165) is 66.7 Å². The molecule has 188 valence electrons. The summed E-state index contributed by atoms with van der Waals surface area (Å²) in [5.74, 6) is 4.18. The number of hydrogen-bond donors (Lipinski definition) is 1. The van der Waals surface area contributed by atoms with E-state index in [2.05, 4.69) is 14.9 Å². The van der Waals surface area contributed by atoms with Crippen LogP contribution in [-0.4, -0.2) is 71.9 Å². The number of β-amino-alcohol motifs (C(OH)–C–C–N with tert-alkyl or cyclic N) is 1. The first-order valence-corrected chi connectivity index (χ1v) is 12.8. The van der Waals surface area contributed by atoms with Crippen molar-refractivity contribution < 1.29 is 19.4 Å². The van der Waals surface area contributed by atoms with Crippen LogP contribution in [0.5, 0.6) is 5.75 Å². The number of aliphatic hydroxyl groups is 1. The summed E-state index contributed by atoms with van der Waals surface area (Å²) in [7, 11) is 1.68. The number of carbonyl (C=O) groups is 1. The average Bonchev–Trinajstić information content (AvgIpc) is 3.63. The quantitative estimate of drug-likeness (QED) is 0.559. The van der Waals surface area contributed by atoms with Crippen molar-refractivity contribution in [3.05, 3.63) is 47.8 Å². The fraction of sp³-hybridized carbons (Fsp3) is 0.593. The largest absolute Gasteiger partial charge is 0.494 e. The molecule has 0 radical (unpaired) electrons. The highest BCUT2D eigenvalue weighted by atomic mass is 16.5. The molecule has 1 N–H and O–H groups in total. The summed E-state index contributed by atoms with van der Waals surface area (Å²) in [6.07, 6.45) is 8.59. The van der Waals surface area contributed by atoms with Crippen LogP contribution in [0.3, 0.4) is 0 Å². The number of rotatable bonds is 10. The van der Waals surface area contributed by atoms with Gasteiger partial charge in [0.05, 0.1) is 25.7 Å². The van der Waals surface area contributed by atoms with Crippen molar-refractivity contribution >= 4 is 11.9 Å². The Morgan fingerprint density at radius 2 is 1.80 bits per heavy atom. The molecule has 8 nitrogen and oxygen atoms in total. The molecular formula is C27H36N4O4. The summed E-state index contributed by atoms with van der Waals surface area (Å²) in [5.41, 5.74) is 1.98. The fourth-order valence-corrected chi connectivity index (χ4v) is 5.44. The van der Waals surface area contributed by atoms with Crippen LogP contribution in [0.1, 0.15) is 36.8 Å². The Hall–Kier alpha value is -2.71. The van der Waals surface area contributed by atoms with Gasteiger partial charge in [0, 0.05) is 51.2 Å². The van der Waals surface area contributed by atoms with E-state index in [1.165, 1.54) is 19.3 Å². The van der Waals surface area contributed by atoms with Gasteiger partial charge in [-0.2, -0.15) is 0 Å². The SMILES string of the molecule is COCc1cnc(N2CCC(C3CC3CCOc3ccc(CC(=O)N4CC(O)C4)cc3)CC2)nc1. The van der Waals surface area contributed by atoms with Crippen molar-refractivity contribution in [2.75, 3.05) is 44.8 Å². The number of likely N-dealkylation sites (tertiary alicyclic amines) is 1. The number of nitrogens with zero attached hydrogens (tertiary/aromatic N) is 4. The lowest BCUT2D eigenvalue weighted by molar-refractivity contribution is -0.140. The molecule has 3 heterocycles. The van der Waals surface area contributed by atoms with Crippen molar-refractivity contribution in [3.8, 4) is 5.75 Å². The smallest absolute Gasteiger partial charge is 0.227 e. The third-order valence-electron chi connectivity index (χ3n) is 7.66. The molecule has 1 saturated carbocycles. The van der Waals surface area contributed by atoms with E-state index in [1.54, 1.807) is 12.0 Å². The number of ether oxygens (including phenoxy) is 2. The Balaban J connectivity index is 0.983. The monoisotopic (exact) mass is 480 g/mol. The summed E-state index contributed by atoms with van der Waals surface area (Å²) >= 11 is 0. The molecule has 2 aromatic rings. The van der Waals surface area contributed by atoms with Crippen LogP contribution in [0, 0.1) is 17.8 Å². The number of aliphatic hydroxyl groups excluding tert-OH is 1. The number of hydrogen-bond acceptors (Lipinski definition) is 7. The molecule has 1 amide bonds. The first-order chi connectivity index (χ1) is 17.1. The molecule has 35 heavy (non-hydrogen) atoms. The number of benzene rings is 1. The molecule has 2 saturated heterocycles. The van der Waals surface area contributed by atoms with Gasteiger partial charge >= 0.3 is 0 Å². The van der Waals surface area contributed by atoms with E-state index in [-0.39, 0.29) is 12.0 Å². The standard InChI is InChI=1S/C27H36N4O4/c1-34-18-20-14-28-27(29-15-20)30-9-6-21(7-10-30)25-13-22(25)8-11-35-24-4-2-19(3-5-24)12-26(33)31-16-23(32)17-31/h2-5,14-15,21-23,25,32H,6-13,16-18H2,1H3. The van der Waals surface area contributed by atoms with E-state index in [1.807, 2.05) is 36.7 Å². The minimum absolute atomic E-state index is 0.0714. The second kappa shape index (κ2) is 10.9. The van der Waals surface area contributed by atoms with Crippen molar-refractivity contribution in [2.24, 2.45) is 17.8 Å². The highest BCUT2D eigenvalue weighted by Crippen LogP contribution is 2.49. The minimum atomic E-state index is -0.354. The van der Waals surface area contributed by atoms with E-state index >= 15 is 0 Å². The summed E-state index contributed by atoms with van der Waals surface area (Å²) in [5, 5.41) is 9.34. The zero-order chi connectivity index (χ0) is 24.2. The third kappa shape index (κ3) is 6.11. The minimum Gasteiger partial charge on any atom is -0.494 e. The van der Waals surface area contributed by atoms with Gasteiger partial charge in [-0.25, -0.2) is 9.97 Å². The molecule has 1 aromatic heterocycles. The van der Waals surface area contributed by atoms with Gasteiger partial charge < -0.3 is 24.4 Å².